The van der Waals surface area contributed by atoms with Crippen LogP contribution in [0.4, 0.5) is 0 Å². The van der Waals surface area contributed by atoms with Gasteiger partial charge in [-0.3, -0.25) is 4.79 Å². The van der Waals surface area contributed by atoms with Gasteiger partial charge in [-0.05, 0) is 38.1 Å². The molecule has 1 amide bonds. The molecule has 0 heterocycles. The van der Waals surface area contributed by atoms with Crippen molar-refractivity contribution < 1.29 is 14.3 Å². The lowest BCUT2D eigenvalue weighted by Crippen LogP contribution is -2.27. The van der Waals surface area contributed by atoms with Crippen molar-refractivity contribution in [2.24, 2.45) is 0 Å². The van der Waals surface area contributed by atoms with Crippen LogP contribution in [0, 0.1) is 6.92 Å². The van der Waals surface area contributed by atoms with Crippen LogP contribution in [-0.4, -0.2) is 20.1 Å². The summed E-state index contributed by atoms with van der Waals surface area (Å²) in [6, 6.07) is 12.9. The number of benzene rings is 2. The highest BCUT2D eigenvalue weighted by Gasteiger charge is 2.15. The van der Waals surface area contributed by atoms with Crippen LogP contribution < -0.4 is 14.8 Å². The van der Waals surface area contributed by atoms with Gasteiger partial charge in [-0.2, -0.15) is 0 Å². The molecule has 2 rings (SSSR count). The van der Waals surface area contributed by atoms with Crippen LogP contribution in [0.15, 0.2) is 42.5 Å². The van der Waals surface area contributed by atoms with Gasteiger partial charge < -0.3 is 14.8 Å². The molecule has 2 aromatic rings. The molecule has 0 bridgehead atoms. The van der Waals surface area contributed by atoms with Crippen LogP contribution in [0.2, 0.25) is 0 Å². The van der Waals surface area contributed by atoms with E-state index in [0.717, 1.165) is 16.9 Å². The average molecular weight is 299 g/mol. The second kappa shape index (κ2) is 6.98. The summed E-state index contributed by atoms with van der Waals surface area (Å²) in [4.78, 5) is 12.4. The normalized spacial score (nSPS) is 11.6. The Bertz CT molecular complexity index is 667. The Kier molecular flexibility index (Phi) is 5.04. The van der Waals surface area contributed by atoms with Crippen molar-refractivity contribution in [2.75, 3.05) is 14.2 Å². The van der Waals surface area contributed by atoms with Crippen molar-refractivity contribution in [1.29, 1.82) is 0 Å². The van der Waals surface area contributed by atoms with Crippen LogP contribution >= 0.6 is 0 Å². The Morgan fingerprint density at radius 3 is 2.55 bits per heavy atom. The minimum atomic E-state index is -0.159. The fourth-order valence-electron chi connectivity index (χ4n) is 2.31. The summed E-state index contributed by atoms with van der Waals surface area (Å²) in [6.45, 7) is 3.95. The quantitative estimate of drug-likeness (QED) is 0.919. The second-order valence-electron chi connectivity index (χ2n) is 5.17. The van der Waals surface area contributed by atoms with E-state index in [1.54, 1.807) is 32.4 Å². The van der Waals surface area contributed by atoms with Crippen LogP contribution in [0.1, 0.15) is 34.5 Å². The Hall–Kier alpha value is -2.49. The summed E-state index contributed by atoms with van der Waals surface area (Å²) in [5, 5.41) is 2.99. The summed E-state index contributed by atoms with van der Waals surface area (Å²) >= 11 is 0. The number of ether oxygens (including phenoxy) is 2. The number of hydrogen-bond donors (Lipinski definition) is 1. The van der Waals surface area contributed by atoms with Crippen molar-refractivity contribution in [2.45, 2.75) is 19.9 Å². The zero-order valence-corrected chi connectivity index (χ0v) is 13.3. The van der Waals surface area contributed by atoms with Crippen LogP contribution in [-0.2, 0) is 0 Å². The standard InChI is InChI=1S/C18H21NO3/c1-12-8-9-17(22-4)16(10-12)13(2)19-18(20)14-6-5-7-15(11-14)21-3/h5-11,13H,1-4H3,(H,19,20)/t13-/m0/s1. The van der Waals surface area contributed by atoms with Gasteiger partial charge in [0.15, 0.2) is 0 Å². The molecule has 4 heteroatoms. The molecule has 0 aliphatic heterocycles. The first-order valence-electron chi connectivity index (χ1n) is 7.14. The molecule has 0 saturated carbocycles. The summed E-state index contributed by atoms with van der Waals surface area (Å²) in [6.07, 6.45) is 0. The van der Waals surface area contributed by atoms with Crippen molar-refractivity contribution in [3.8, 4) is 11.5 Å². The van der Waals surface area contributed by atoms with Crippen LogP contribution in [0.5, 0.6) is 11.5 Å². The zero-order valence-electron chi connectivity index (χ0n) is 13.3. The van der Waals surface area contributed by atoms with E-state index < -0.39 is 0 Å². The molecule has 1 N–H and O–H groups in total. The van der Waals surface area contributed by atoms with Gasteiger partial charge in [0, 0.05) is 11.1 Å². The zero-order chi connectivity index (χ0) is 16.1. The van der Waals surface area contributed by atoms with E-state index in [0.29, 0.717) is 11.3 Å². The fraction of sp³-hybridized carbons (Fsp3) is 0.278. The lowest BCUT2D eigenvalue weighted by atomic mass is 10.0. The van der Waals surface area contributed by atoms with Crippen molar-refractivity contribution in [1.82, 2.24) is 5.32 Å². The first kappa shape index (κ1) is 15.9. The molecule has 0 unspecified atom stereocenters. The number of hydrogen-bond acceptors (Lipinski definition) is 3. The van der Waals surface area contributed by atoms with Crippen molar-refractivity contribution in [3.63, 3.8) is 0 Å². The number of nitrogens with one attached hydrogen (secondary N) is 1. The third-order valence-electron chi connectivity index (χ3n) is 3.53. The Balaban J connectivity index is 2.19. The second-order valence-corrected chi connectivity index (χ2v) is 5.17. The minimum Gasteiger partial charge on any atom is -0.497 e. The number of aryl methyl sites for hydroxylation is 1. The molecule has 22 heavy (non-hydrogen) atoms. The average Bonchev–Trinajstić information content (AvgIpc) is 2.54. The highest BCUT2D eigenvalue weighted by atomic mass is 16.5. The largest absolute Gasteiger partial charge is 0.497 e. The van der Waals surface area contributed by atoms with E-state index in [-0.39, 0.29) is 11.9 Å². The lowest BCUT2D eigenvalue weighted by molar-refractivity contribution is 0.0939. The van der Waals surface area contributed by atoms with Gasteiger partial charge in [0.05, 0.1) is 20.3 Å². The van der Waals surface area contributed by atoms with Crippen LogP contribution in [0.25, 0.3) is 0 Å². The first-order chi connectivity index (χ1) is 10.5. The molecule has 0 aliphatic rings. The lowest BCUT2D eigenvalue weighted by Gasteiger charge is -2.18. The predicted octanol–water partition coefficient (Wildman–Crippen LogP) is 3.50. The molecule has 0 spiro atoms. The molecule has 0 fully saturated rings. The molecule has 116 valence electrons. The van der Waals surface area contributed by atoms with E-state index >= 15 is 0 Å². The predicted molar refractivity (Wildman–Crippen MR) is 86.6 cm³/mol. The van der Waals surface area contributed by atoms with Crippen LogP contribution in [0.3, 0.4) is 0 Å². The third kappa shape index (κ3) is 3.58. The maximum Gasteiger partial charge on any atom is 0.251 e. The first-order valence-corrected chi connectivity index (χ1v) is 7.14. The SMILES string of the molecule is COc1cccc(C(=O)N[C@@H](C)c2cc(C)ccc2OC)c1. The summed E-state index contributed by atoms with van der Waals surface area (Å²) in [5.41, 5.74) is 2.65. The smallest absolute Gasteiger partial charge is 0.251 e. The molecule has 0 saturated heterocycles. The van der Waals surface area contributed by atoms with Gasteiger partial charge in [-0.25, -0.2) is 0 Å². The Morgan fingerprint density at radius 2 is 1.86 bits per heavy atom. The third-order valence-corrected chi connectivity index (χ3v) is 3.53. The molecule has 1 atom stereocenters. The van der Waals surface area contributed by atoms with Gasteiger partial charge in [0.2, 0.25) is 0 Å². The van der Waals surface area contributed by atoms with E-state index in [4.69, 9.17) is 9.47 Å². The minimum absolute atomic E-state index is 0.144. The van der Waals surface area contributed by atoms with Crippen molar-refractivity contribution >= 4 is 5.91 Å². The van der Waals surface area contributed by atoms with E-state index in [2.05, 4.69) is 5.32 Å². The summed E-state index contributed by atoms with van der Waals surface area (Å²) in [7, 11) is 3.21. The molecule has 0 radical (unpaired) electrons. The van der Waals surface area contributed by atoms with Gasteiger partial charge in [-0.15, -0.1) is 0 Å². The molecule has 0 aromatic heterocycles. The van der Waals surface area contributed by atoms with Gasteiger partial charge >= 0.3 is 0 Å². The Morgan fingerprint density at radius 1 is 1.09 bits per heavy atom. The highest BCUT2D eigenvalue weighted by Crippen LogP contribution is 2.26. The number of rotatable bonds is 5. The highest BCUT2D eigenvalue weighted by molar-refractivity contribution is 5.94. The number of carbonyl (C=O) groups excluding carboxylic acids is 1. The number of carbonyl (C=O) groups is 1. The monoisotopic (exact) mass is 299 g/mol. The summed E-state index contributed by atoms with van der Waals surface area (Å²) in [5.74, 6) is 1.28. The fourth-order valence-corrected chi connectivity index (χ4v) is 2.31. The van der Waals surface area contributed by atoms with Gasteiger partial charge in [0.1, 0.15) is 11.5 Å². The number of methoxy groups -OCH3 is 2. The summed E-state index contributed by atoms with van der Waals surface area (Å²) < 4.78 is 10.5. The molecular weight excluding hydrogens is 278 g/mol. The van der Waals surface area contributed by atoms with Gasteiger partial charge in [0.25, 0.3) is 5.91 Å². The molecular formula is C18H21NO3. The number of amides is 1. The maximum atomic E-state index is 12.4. The Labute approximate surface area is 131 Å². The van der Waals surface area contributed by atoms with E-state index in [9.17, 15) is 4.79 Å². The molecule has 4 nitrogen and oxygen atoms in total. The van der Waals surface area contributed by atoms with E-state index in [1.165, 1.54) is 0 Å². The van der Waals surface area contributed by atoms with Gasteiger partial charge in [-0.1, -0.05) is 23.8 Å². The molecule has 2 aromatic carbocycles. The topological polar surface area (TPSA) is 47.6 Å². The maximum absolute atomic E-state index is 12.4. The van der Waals surface area contributed by atoms with E-state index in [1.807, 2.05) is 38.1 Å². The van der Waals surface area contributed by atoms with Crippen molar-refractivity contribution in [3.05, 3.63) is 59.2 Å². The molecule has 0 aliphatic carbocycles.